The average molecular weight is 229 g/mol. The summed E-state index contributed by atoms with van der Waals surface area (Å²) in [7, 11) is 1.44. The number of hydrogen-bond donors (Lipinski definition) is 1. The van der Waals surface area contributed by atoms with Gasteiger partial charge in [-0.25, -0.2) is 0 Å². The van der Waals surface area contributed by atoms with Crippen LogP contribution in [-0.4, -0.2) is 37.9 Å². The Balaban J connectivity index is 2.50. The molecule has 0 bridgehead atoms. The van der Waals surface area contributed by atoms with E-state index in [4.69, 9.17) is 9.47 Å². The zero-order valence-electron chi connectivity index (χ0n) is 10.7. The van der Waals surface area contributed by atoms with Gasteiger partial charge in [-0.3, -0.25) is 4.79 Å². The molecule has 0 saturated carbocycles. The minimum absolute atomic E-state index is 0.172. The van der Waals surface area contributed by atoms with Gasteiger partial charge in [-0.2, -0.15) is 0 Å². The fourth-order valence-corrected chi connectivity index (χ4v) is 2.06. The van der Waals surface area contributed by atoms with Gasteiger partial charge in [0.25, 0.3) is 0 Å². The monoisotopic (exact) mass is 229 g/mol. The molecule has 0 amide bonds. The lowest BCUT2D eigenvalue weighted by Gasteiger charge is -2.32. The molecule has 1 saturated heterocycles. The highest BCUT2D eigenvalue weighted by atomic mass is 16.5. The van der Waals surface area contributed by atoms with Gasteiger partial charge in [0.2, 0.25) is 0 Å². The van der Waals surface area contributed by atoms with Crippen molar-refractivity contribution in [2.24, 2.45) is 5.92 Å². The van der Waals surface area contributed by atoms with Gasteiger partial charge in [0.1, 0.15) is 6.04 Å². The molecule has 0 aromatic rings. The van der Waals surface area contributed by atoms with E-state index in [0.717, 1.165) is 19.4 Å². The van der Waals surface area contributed by atoms with Crippen LogP contribution < -0.4 is 5.32 Å². The topological polar surface area (TPSA) is 47.6 Å². The largest absolute Gasteiger partial charge is 0.468 e. The number of carbonyl (C=O) groups is 1. The third-order valence-electron chi connectivity index (χ3n) is 3.02. The second-order valence-corrected chi connectivity index (χ2v) is 4.81. The van der Waals surface area contributed by atoms with E-state index in [1.165, 1.54) is 7.11 Å². The number of ether oxygens (including phenoxy) is 2. The first-order chi connectivity index (χ1) is 7.54. The van der Waals surface area contributed by atoms with E-state index in [1.807, 2.05) is 13.8 Å². The highest BCUT2D eigenvalue weighted by Gasteiger charge is 2.28. The Morgan fingerprint density at radius 3 is 2.69 bits per heavy atom. The third kappa shape index (κ3) is 3.76. The molecule has 0 aromatic heterocycles. The van der Waals surface area contributed by atoms with E-state index >= 15 is 0 Å². The summed E-state index contributed by atoms with van der Waals surface area (Å²) < 4.78 is 10.3. The van der Waals surface area contributed by atoms with E-state index < -0.39 is 0 Å². The molecule has 94 valence electrons. The summed E-state index contributed by atoms with van der Waals surface area (Å²) in [5.74, 6) is 0.0692. The van der Waals surface area contributed by atoms with Crippen LogP contribution in [0.5, 0.6) is 0 Å². The maximum atomic E-state index is 11.6. The van der Waals surface area contributed by atoms with E-state index in [-0.39, 0.29) is 24.0 Å². The summed E-state index contributed by atoms with van der Waals surface area (Å²) in [5.41, 5.74) is 0. The van der Waals surface area contributed by atoms with Gasteiger partial charge >= 0.3 is 5.97 Å². The van der Waals surface area contributed by atoms with Crippen molar-refractivity contribution in [1.82, 2.24) is 5.32 Å². The van der Waals surface area contributed by atoms with E-state index in [2.05, 4.69) is 12.2 Å². The van der Waals surface area contributed by atoms with Crippen molar-refractivity contribution < 1.29 is 14.3 Å². The number of rotatable bonds is 4. The van der Waals surface area contributed by atoms with Gasteiger partial charge in [0, 0.05) is 12.6 Å². The van der Waals surface area contributed by atoms with Crippen molar-refractivity contribution in [3.8, 4) is 0 Å². The van der Waals surface area contributed by atoms with E-state index in [9.17, 15) is 4.79 Å². The Bertz CT molecular complexity index is 230. The van der Waals surface area contributed by atoms with E-state index in [1.54, 1.807) is 0 Å². The summed E-state index contributed by atoms with van der Waals surface area (Å²) in [4.78, 5) is 11.6. The van der Waals surface area contributed by atoms with Gasteiger partial charge in [0.15, 0.2) is 0 Å². The molecular weight excluding hydrogens is 206 g/mol. The first-order valence-electron chi connectivity index (χ1n) is 6.00. The molecule has 1 aliphatic rings. The Morgan fingerprint density at radius 1 is 1.50 bits per heavy atom. The molecule has 0 radical (unpaired) electrons. The summed E-state index contributed by atoms with van der Waals surface area (Å²) in [6.45, 7) is 6.88. The average Bonchev–Trinajstić information content (AvgIpc) is 2.24. The van der Waals surface area contributed by atoms with Crippen LogP contribution in [0, 0.1) is 5.92 Å². The zero-order chi connectivity index (χ0) is 12.1. The Kier molecular flexibility index (Phi) is 5.22. The molecule has 3 atom stereocenters. The molecule has 3 unspecified atom stereocenters. The molecule has 4 heteroatoms. The minimum Gasteiger partial charge on any atom is -0.468 e. The van der Waals surface area contributed by atoms with Gasteiger partial charge in [-0.05, 0) is 25.7 Å². The van der Waals surface area contributed by atoms with Crippen molar-refractivity contribution >= 4 is 5.97 Å². The Hall–Kier alpha value is -0.610. The lowest BCUT2D eigenvalue weighted by Crippen LogP contribution is -2.49. The SMILES string of the molecule is COC(=O)C(NC1CCOC(C)C1)C(C)C. The van der Waals surface area contributed by atoms with Crippen molar-refractivity contribution in [3.05, 3.63) is 0 Å². The molecule has 1 fully saturated rings. The highest BCUT2D eigenvalue weighted by molar-refractivity contribution is 5.75. The van der Waals surface area contributed by atoms with Crippen molar-refractivity contribution in [3.63, 3.8) is 0 Å². The van der Waals surface area contributed by atoms with Crippen molar-refractivity contribution in [1.29, 1.82) is 0 Å². The predicted octanol–water partition coefficient (Wildman–Crippen LogP) is 1.34. The molecule has 0 aliphatic carbocycles. The quantitative estimate of drug-likeness (QED) is 0.739. The maximum Gasteiger partial charge on any atom is 0.323 e. The van der Waals surface area contributed by atoms with Crippen molar-refractivity contribution in [2.75, 3.05) is 13.7 Å². The first kappa shape index (κ1) is 13.5. The third-order valence-corrected chi connectivity index (χ3v) is 3.02. The molecule has 1 rings (SSSR count). The summed E-state index contributed by atoms with van der Waals surface area (Å²) in [5, 5.41) is 3.38. The molecule has 4 nitrogen and oxygen atoms in total. The summed E-state index contributed by atoms with van der Waals surface area (Å²) in [6, 6.07) is 0.149. The van der Waals surface area contributed by atoms with Gasteiger partial charge in [-0.1, -0.05) is 13.8 Å². The Labute approximate surface area is 97.7 Å². The van der Waals surface area contributed by atoms with Crippen LogP contribution in [0.4, 0.5) is 0 Å². The highest BCUT2D eigenvalue weighted by Crippen LogP contribution is 2.15. The predicted molar refractivity (Wildman–Crippen MR) is 62.2 cm³/mol. The molecule has 16 heavy (non-hydrogen) atoms. The van der Waals surface area contributed by atoms with Crippen LogP contribution in [0.2, 0.25) is 0 Å². The molecule has 1 aliphatic heterocycles. The Morgan fingerprint density at radius 2 is 2.19 bits per heavy atom. The zero-order valence-corrected chi connectivity index (χ0v) is 10.7. The standard InChI is InChI=1S/C12H23NO3/c1-8(2)11(12(14)15-4)13-10-5-6-16-9(3)7-10/h8-11,13H,5-7H2,1-4H3. The first-order valence-corrected chi connectivity index (χ1v) is 6.00. The van der Waals surface area contributed by atoms with Crippen LogP contribution in [0.1, 0.15) is 33.6 Å². The molecule has 0 spiro atoms. The molecule has 1 N–H and O–H groups in total. The normalized spacial score (nSPS) is 27.8. The van der Waals surface area contributed by atoms with Gasteiger partial charge in [-0.15, -0.1) is 0 Å². The smallest absolute Gasteiger partial charge is 0.323 e. The number of carbonyl (C=O) groups excluding carboxylic acids is 1. The second kappa shape index (κ2) is 6.21. The van der Waals surface area contributed by atoms with E-state index in [0.29, 0.717) is 6.04 Å². The fraction of sp³-hybridized carbons (Fsp3) is 0.917. The van der Waals surface area contributed by atoms with Gasteiger partial charge < -0.3 is 14.8 Å². The molecule has 0 aromatic carbocycles. The van der Waals surface area contributed by atoms with Crippen LogP contribution >= 0.6 is 0 Å². The maximum absolute atomic E-state index is 11.6. The van der Waals surface area contributed by atoms with Crippen LogP contribution in [0.15, 0.2) is 0 Å². The number of nitrogens with one attached hydrogen (secondary N) is 1. The summed E-state index contributed by atoms with van der Waals surface area (Å²) >= 11 is 0. The molecule has 1 heterocycles. The minimum atomic E-state index is -0.208. The van der Waals surface area contributed by atoms with Crippen LogP contribution in [0.25, 0.3) is 0 Å². The van der Waals surface area contributed by atoms with Crippen LogP contribution in [0.3, 0.4) is 0 Å². The van der Waals surface area contributed by atoms with Gasteiger partial charge in [0.05, 0.1) is 13.2 Å². The fourth-order valence-electron chi connectivity index (χ4n) is 2.06. The number of hydrogen-bond acceptors (Lipinski definition) is 4. The van der Waals surface area contributed by atoms with Crippen molar-refractivity contribution in [2.45, 2.75) is 51.8 Å². The number of esters is 1. The molecular formula is C12H23NO3. The lowest BCUT2D eigenvalue weighted by atomic mass is 9.99. The second-order valence-electron chi connectivity index (χ2n) is 4.81. The summed E-state index contributed by atoms with van der Waals surface area (Å²) in [6.07, 6.45) is 2.20. The number of methoxy groups -OCH3 is 1. The van der Waals surface area contributed by atoms with Crippen LogP contribution in [-0.2, 0) is 14.3 Å². The lowest BCUT2D eigenvalue weighted by molar-refractivity contribution is -0.145.